The second-order valence-electron chi connectivity index (χ2n) is 6.43. The Labute approximate surface area is 153 Å². The number of hydrogen-bond acceptors (Lipinski definition) is 4. The third kappa shape index (κ3) is 5.05. The molecule has 0 fully saturated rings. The Hall–Kier alpha value is -2.41. The number of nitrogens with one attached hydrogen (secondary N) is 1. The fourth-order valence-corrected chi connectivity index (χ4v) is 2.66. The summed E-state index contributed by atoms with van der Waals surface area (Å²) in [5.74, 6) is 0.249. The van der Waals surface area contributed by atoms with Gasteiger partial charge in [-0.1, -0.05) is 6.92 Å². The summed E-state index contributed by atoms with van der Waals surface area (Å²) >= 11 is 0. The minimum Gasteiger partial charge on any atom is -0.489 e. The number of fused-ring (bicyclic) bond motifs is 1. The molecule has 0 radical (unpaired) electrons. The van der Waals surface area contributed by atoms with Gasteiger partial charge in [-0.15, -0.1) is 0 Å². The lowest BCUT2D eigenvalue weighted by molar-refractivity contribution is -0.122. The van der Waals surface area contributed by atoms with Gasteiger partial charge in [-0.3, -0.25) is 9.59 Å². The SMILES string of the molecule is CCC(C)NC(=O)CN1CCc2cc(OC/C(=C\F)CN)ccc2C1=O. The topological polar surface area (TPSA) is 84.7 Å². The van der Waals surface area contributed by atoms with E-state index < -0.39 is 0 Å². The van der Waals surface area contributed by atoms with Gasteiger partial charge < -0.3 is 20.7 Å². The zero-order valence-corrected chi connectivity index (χ0v) is 15.3. The van der Waals surface area contributed by atoms with E-state index in [1.807, 2.05) is 13.8 Å². The van der Waals surface area contributed by atoms with Crippen molar-refractivity contribution in [3.63, 3.8) is 0 Å². The van der Waals surface area contributed by atoms with E-state index in [2.05, 4.69) is 5.32 Å². The van der Waals surface area contributed by atoms with E-state index >= 15 is 0 Å². The summed E-state index contributed by atoms with van der Waals surface area (Å²) in [5.41, 5.74) is 7.19. The molecule has 1 unspecified atom stereocenters. The minimum absolute atomic E-state index is 0.0576. The van der Waals surface area contributed by atoms with E-state index in [4.69, 9.17) is 10.5 Å². The number of ether oxygens (including phenoxy) is 1. The molecule has 0 bridgehead atoms. The predicted molar refractivity (Wildman–Crippen MR) is 97.7 cm³/mol. The van der Waals surface area contributed by atoms with E-state index in [-0.39, 0.29) is 37.6 Å². The van der Waals surface area contributed by atoms with Crippen molar-refractivity contribution >= 4 is 11.8 Å². The lowest BCUT2D eigenvalue weighted by Crippen LogP contribution is -2.45. The fraction of sp³-hybridized carbons (Fsp3) is 0.474. The van der Waals surface area contributed by atoms with Crippen molar-refractivity contribution in [2.75, 3.05) is 26.2 Å². The van der Waals surface area contributed by atoms with Gasteiger partial charge in [-0.25, -0.2) is 4.39 Å². The molecule has 1 aromatic rings. The number of amides is 2. The number of nitrogens with zero attached hydrogens (tertiary/aromatic N) is 1. The molecular weight excluding hydrogens is 337 g/mol. The molecule has 0 spiro atoms. The number of carbonyl (C=O) groups is 2. The van der Waals surface area contributed by atoms with Crippen LogP contribution < -0.4 is 15.8 Å². The first-order valence-corrected chi connectivity index (χ1v) is 8.81. The van der Waals surface area contributed by atoms with Crippen LogP contribution in [-0.2, 0) is 11.2 Å². The summed E-state index contributed by atoms with van der Waals surface area (Å²) in [7, 11) is 0. The molecule has 1 aliphatic rings. The van der Waals surface area contributed by atoms with Crippen molar-refractivity contribution in [3.8, 4) is 5.75 Å². The van der Waals surface area contributed by atoms with Crippen LogP contribution in [0, 0.1) is 0 Å². The molecule has 2 rings (SSSR count). The maximum Gasteiger partial charge on any atom is 0.254 e. The third-order valence-electron chi connectivity index (χ3n) is 4.44. The summed E-state index contributed by atoms with van der Waals surface area (Å²) < 4.78 is 18.1. The molecule has 1 heterocycles. The minimum atomic E-state index is -0.164. The smallest absolute Gasteiger partial charge is 0.254 e. The Balaban J connectivity index is 2.01. The fourth-order valence-electron chi connectivity index (χ4n) is 2.66. The second-order valence-corrected chi connectivity index (χ2v) is 6.43. The molecule has 142 valence electrons. The first-order chi connectivity index (χ1) is 12.5. The van der Waals surface area contributed by atoms with Crippen LogP contribution in [0.15, 0.2) is 30.1 Å². The van der Waals surface area contributed by atoms with Crippen LogP contribution in [0.4, 0.5) is 4.39 Å². The molecule has 0 saturated carbocycles. The maximum absolute atomic E-state index is 12.6. The van der Waals surface area contributed by atoms with Gasteiger partial charge in [0.05, 0.1) is 12.9 Å². The zero-order valence-electron chi connectivity index (χ0n) is 15.3. The Bertz CT molecular complexity index is 691. The van der Waals surface area contributed by atoms with Gasteiger partial charge in [-0.05, 0) is 43.5 Å². The molecule has 2 amide bonds. The summed E-state index contributed by atoms with van der Waals surface area (Å²) in [4.78, 5) is 26.2. The van der Waals surface area contributed by atoms with Crippen molar-refractivity contribution in [2.24, 2.45) is 5.73 Å². The van der Waals surface area contributed by atoms with Gasteiger partial charge in [0.25, 0.3) is 5.91 Å². The van der Waals surface area contributed by atoms with Crippen LogP contribution in [0.2, 0.25) is 0 Å². The quantitative estimate of drug-likeness (QED) is 0.737. The van der Waals surface area contributed by atoms with Crippen LogP contribution in [0.3, 0.4) is 0 Å². The molecule has 7 heteroatoms. The summed E-state index contributed by atoms with van der Waals surface area (Å²) in [6.07, 6.45) is 1.93. The molecule has 1 atom stereocenters. The van der Waals surface area contributed by atoms with Gasteiger partial charge >= 0.3 is 0 Å². The summed E-state index contributed by atoms with van der Waals surface area (Å²) in [6, 6.07) is 5.24. The number of hydrogen-bond donors (Lipinski definition) is 2. The van der Waals surface area contributed by atoms with Gasteiger partial charge in [0.15, 0.2) is 0 Å². The van der Waals surface area contributed by atoms with Crippen LogP contribution in [0.1, 0.15) is 36.2 Å². The average molecular weight is 363 g/mol. The molecule has 0 saturated heterocycles. The summed E-state index contributed by atoms with van der Waals surface area (Å²) in [5, 5.41) is 2.87. The standard InChI is InChI=1S/C19H26FN3O3/c1-3-13(2)22-18(24)11-23-7-6-15-8-16(4-5-17(15)19(23)25)26-12-14(9-20)10-21/h4-5,8-9,13H,3,6-7,10-12,21H2,1-2H3,(H,22,24)/b14-9-. The van der Waals surface area contributed by atoms with Crippen LogP contribution >= 0.6 is 0 Å². The lowest BCUT2D eigenvalue weighted by atomic mass is 9.98. The second kappa shape index (κ2) is 9.33. The van der Waals surface area contributed by atoms with Crippen LogP contribution in [0.5, 0.6) is 5.75 Å². The highest BCUT2D eigenvalue weighted by Crippen LogP contribution is 2.24. The third-order valence-corrected chi connectivity index (χ3v) is 4.44. The van der Waals surface area contributed by atoms with Crippen molar-refractivity contribution in [1.29, 1.82) is 0 Å². The lowest BCUT2D eigenvalue weighted by Gasteiger charge is -2.28. The van der Waals surface area contributed by atoms with Crippen LogP contribution in [-0.4, -0.2) is 49.0 Å². The van der Waals surface area contributed by atoms with Crippen LogP contribution in [0.25, 0.3) is 0 Å². The normalized spacial score (nSPS) is 15.5. The molecule has 3 N–H and O–H groups in total. The molecule has 26 heavy (non-hydrogen) atoms. The van der Waals surface area contributed by atoms with Crippen molar-refractivity contribution in [2.45, 2.75) is 32.7 Å². The Morgan fingerprint density at radius 3 is 2.92 bits per heavy atom. The van der Waals surface area contributed by atoms with E-state index in [1.165, 1.54) is 0 Å². The highest BCUT2D eigenvalue weighted by atomic mass is 19.1. The molecule has 0 aliphatic carbocycles. The van der Waals surface area contributed by atoms with Gasteiger partial charge in [-0.2, -0.15) is 0 Å². The molecule has 1 aliphatic heterocycles. The van der Waals surface area contributed by atoms with Crippen molar-refractivity contribution in [3.05, 3.63) is 41.2 Å². The van der Waals surface area contributed by atoms with E-state index in [9.17, 15) is 14.0 Å². The van der Waals surface area contributed by atoms with Gasteiger partial charge in [0.2, 0.25) is 5.91 Å². The zero-order chi connectivity index (χ0) is 19.1. The molecule has 0 aromatic heterocycles. The largest absolute Gasteiger partial charge is 0.489 e. The van der Waals surface area contributed by atoms with Gasteiger partial charge in [0.1, 0.15) is 12.4 Å². The first-order valence-electron chi connectivity index (χ1n) is 8.81. The van der Waals surface area contributed by atoms with E-state index in [0.29, 0.717) is 36.2 Å². The number of halogens is 1. The predicted octanol–water partition coefficient (Wildman–Crippen LogP) is 1.79. The molecule has 1 aromatic carbocycles. The van der Waals surface area contributed by atoms with Crippen molar-refractivity contribution < 1.29 is 18.7 Å². The Morgan fingerprint density at radius 2 is 2.27 bits per heavy atom. The van der Waals surface area contributed by atoms with Crippen molar-refractivity contribution in [1.82, 2.24) is 10.2 Å². The number of benzene rings is 1. The number of nitrogens with two attached hydrogens (primary N) is 1. The van der Waals surface area contributed by atoms with Gasteiger partial charge in [0, 0.05) is 30.3 Å². The first kappa shape index (κ1) is 19.9. The van der Waals surface area contributed by atoms with E-state index in [1.54, 1.807) is 23.1 Å². The Kier molecular flexibility index (Phi) is 7.15. The maximum atomic E-state index is 12.6. The molecule has 6 nitrogen and oxygen atoms in total. The molecular formula is C19H26FN3O3. The van der Waals surface area contributed by atoms with E-state index in [0.717, 1.165) is 12.0 Å². The number of rotatable bonds is 8. The summed E-state index contributed by atoms with van der Waals surface area (Å²) in [6.45, 7) is 4.62. The monoisotopic (exact) mass is 363 g/mol. The number of carbonyl (C=O) groups excluding carboxylic acids is 2. The average Bonchev–Trinajstić information content (AvgIpc) is 2.64. The Morgan fingerprint density at radius 1 is 1.50 bits per heavy atom. The highest BCUT2D eigenvalue weighted by molar-refractivity contribution is 5.98. The highest BCUT2D eigenvalue weighted by Gasteiger charge is 2.26.